The van der Waals surface area contributed by atoms with E-state index in [1.807, 2.05) is 12.1 Å². The molecule has 2 rings (SSSR count). The molecule has 112 valence electrons. The zero-order valence-electron chi connectivity index (χ0n) is 11.9. The lowest BCUT2D eigenvalue weighted by molar-refractivity contribution is 0.112. The Morgan fingerprint density at radius 3 is 3.00 bits per heavy atom. The maximum absolute atomic E-state index is 10.9. The number of aryl methyl sites for hydroxylation is 1. The predicted molar refractivity (Wildman–Crippen MR) is 81.0 cm³/mol. The van der Waals surface area contributed by atoms with Crippen molar-refractivity contribution in [2.75, 3.05) is 12.4 Å². The van der Waals surface area contributed by atoms with Crippen molar-refractivity contribution in [3.63, 3.8) is 0 Å². The molecule has 0 atom stereocenters. The van der Waals surface area contributed by atoms with Crippen LogP contribution in [0, 0.1) is 0 Å². The van der Waals surface area contributed by atoms with Crippen molar-refractivity contribution < 1.29 is 13.9 Å². The molecule has 21 heavy (non-hydrogen) atoms. The van der Waals surface area contributed by atoms with Crippen LogP contribution < -0.4 is 4.74 Å². The Bertz CT molecular complexity index is 572. The molecule has 1 aromatic heterocycles. The van der Waals surface area contributed by atoms with Crippen LogP contribution in [-0.2, 0) is 6.42 Å². The summed E-state index contributed by atoms with van der Waals surface area (Å²) in [6.45, 7) is 2.60. The van der Waals surface area contributed by atoms with E-state index >= 15 is 0 Å². The molecule has 0 saturated carbocycles. The van der Waals surface area contributed by atoms with Gasteiger partial charge >= 0.3 is 0 Å². The summed E-state index contributed by atoms with van der Waals surface area (Å²) < 4.78 is 11.1. The Labute approximate surface area is 128 Å². The van der Waals surface area contributed by atoms with Crippen molar-refractivity contribution >= 4 is 18.0 Å². The predicted octanol–water partition coefficient (Wildman–Crippen LogP) is 3.40. The third-order valence-corrected chi connectivity index (χ3v) is 3.59. The molecule has 6 heteroatoms. The molecule has 0 spiro atoms. The Morgan fingerprint density at radius 1 is 1.33 bits per heavy atom. The number of benzene rings is 1. The number of thioether (sulfide) groups is 1. The van der Waals surface area contributed by atoms with Crippen molar-refractivity contribution in [2.24, 2.45) is 0 Å². The van der Waals surface area contributed by atoms with Crippen molar-refractivity contribution in [1.29, 1.82) is 0 Å². The largest absolute Gasteiger partial charge is 0.492 e. The monoisotopic (exact) mass is 306 g/mol. The highest BCUT2D eigenvalue weighted by Crippen LogP contribution is 2.19. The van der Waals surface area contributed by atoms with E-state index in [0.717, 1.165) is 25.5 Å². The van der Waals surface area contributed by atoms with E-state index < -0.39 is 0 Å². The first-order chi connectivity index (χ1) is 10.3. The number of aromatic nitrogens is 2. The summed E-state index contributed by atoms with van der Waals surface area (Å²) in [5.41, 5.74) is 0.558. The van der Waals surface area contributed by atoms with E-state index in [-0.39, 0.29) is 0 Å². The minimum Gasteiger partial charge on any atom is -0.492 e. The topological polar surface area (TPSA) is 65.2 Å². The highest BCUT2D eigenvalue weighted by Gasteiger charge is 2.07. The summed E-state index contributed by atoms with van der Waals surface area (Å²) in [6, 6.07) is 7.16. The van der Waals surface area contributed by atoms with Crippen LogP contribution in [0.5, 0.6) is 5.75 Å². The normalized spacial score (nSPS) is 10.5. The summed E-state index contributed by atoms with van der Waals surface area (Å²) in [5.74, 6) is 1.97. The molecule has 0 bridgehead atoms. The first-order valence-electron chi connectivity index (χ1n) is 6.95. The molecule has 2 aromatic rings. The molecule has 0 fully saturated rings. The fourth-order valence-corrected chi connectivity index (χ4v) is 2.31. The highest BCUT2D eigenvalue weighted by atomic mass is 32.2. The molecule has 5 nitrogen and oxygen atoms in total. The summed E-state index contributed by atoms with van der Waals surface area (Å²) in [7, 11) is 0. The molecule has 0 aliphatic heterocycles. The van der Waals surface area contributed by atoms with Gasteiger partial charge < -0.3 is 9.15 Å². The number of rotatable bonds is 9. The summed E-state index contributed by atoms with van der Waals surface area (Å²) in [5, 5.41) is 8.54. The molecular formula is C15H18N2O3S. The summed E-state index contributed by atoms with van der Waals surface area (Å²) >= 11 is 1.45. The summed E-state index contributed by atoms with van der Waals surface area (Å²) in [4.78, 5) is 10.9. The van der Waals surface area contributed by atoms with Gasteiger partial charge in [0.05, 0.1) is 12.2 Å². The fraction of sp³-hybridized carbons (Fsp3) is 0.400. The van der Waals surface area contributed by atoms with Gasteiger partial charge in [-0.15, -0.1) is 10.2 Å². The van der Waals surface area contributed by atoms with Gasteiger partial charge in [-0.3, -0.25) is 4.79 Å². The molecule has 1 heterocycles. The number of para-hydroxylation sites is 1. The number of aldehydes is 1. The second-order valence-electron chi connectivity index (χ2n) is 4.42. The maximum Gasteiger partial charge on any atom is 0.276 e. The molecule has 0 unspecified atom stereocenters. The van der Waals surface area contributed by atoms with Crippen LogP contribution in [0.2, 0.25) is 0 Å². The average Bonchev–Trinajstić information content (AvgIpc) is 2.97. The van der Waals surface area contributed by atoms with Crippen LogP contribution in [0.15, 0.2) is 33.9 Å². The molecule has 0 saturated heterocycles. The number of hydrogen-bond acceptors (Lipinski definition) is 6. The molecule has 0 aliphatic carbocycles. The van der Waals surface area contributed by atoms with Gasteiger partial charge in [-0.2, -0.15) is 0 Å². The molecule has 0 N–H and O–H groups in total. The molecule has 0 aliphatic rings. The van der Waals surface area contributed by atoms with Crippen LogP contribution in [0.4, 0.5) is 0 Å². The van der Waals surface area contributed by atoms with Gasteiger partial charge in [0, 0.05) is 12.2 Å². The zero-order valence-corrected chi connectivity index (χ0v) is 12.8. The Kier molecular flexibility index (Phi) is 6.27. The van der Waals surface area contributed by atoms with E-state index in [1.165, 1.54) is 11.8 Å². The van der Waals surface area contributed by atoms with Crippen molar-refractivity contribution in [2.45, 2.75) is 31.4 Å². The van der Waals surface area contributed by atoms with Crippen molar-refractivity contribution in [3.05, 3.63) is 35.7 Å². The maximum atomic E-state index is 10.9. The van der Waals surface area contributed by atoms with Gasteiger partial charge in [0.15, 0.2) is 6.29 Å². The number of ether oxygens (including phenoxy) is 1. The highest BCUT2D eigenvalue weighted by molar-refractivity contribution is 7.99. The lowest BCUT2D eigenvalue weighted by Crippen LogP contribution is -2.02. The van der Waals surface area contributed by atoms with Gasteiger partial charge in [-0.05, 0) is 18.6 Å². The third kappa shape index (κ3) is 4.90. The van der Waals surface area contributed by atoms with Gasteiger partial charge in [0.25, 0.3) is 5.22 Å². The first kappa shape index (κ1) is 15.6. The molecule has 0 amide bonds. The van der Waals surface area contributed by atoms with Gasteiger partial charge in [0.2, 0.25) is 5.89 Å². The van der Waals surface area contributed by atoms with Crippen LogP contribution in [0.3, 0.4) is 0 Å². The van der Waals surface area contributed by atoms with E-state index in [1.54, 1.807) is 12.1 Å². The molecular weight excluding hydrogens is 288 g/mol. The second-order valence-corrected chi connectivity index (χ2v) is 5.46. The van der Waals surface area contributed by atoms with Gasteiger partial charge in [0.1, 0.15) is 5.75 Å². The van der Waals surface area contributed by atoms with E-state index in [2.05, 4.69) is 17.1 Å². The third-order valence-electron chi connectivity index (χ3n) is 2.80. The van der Waals surface area contributed by atoms with Crippen LogP contribution in [0.25, 0.3) is 0 Å². The minimum atomic E-state index is 0.474. The molecule has 1 aromatic carbocycles. The SMILES string of the molecule is CCCCc1nnc(SCCOc2ccccc2C=O)o1. The Morgan fingerprint density at radius 2 is 2.19 bits per heavy atom. The molecule has 0 radical (unpaired) electrons. The van der Waals surface area contributed by atoms with E-state index in [0.29, 0.717) is 34.8 Å². The quantitative estimate of drug-likeness (QED) is 0.402. The van der Waals surface area contributed by atoms with Gasteiger partial charge in [-0.25, -0.2) is 0 Å². The number of nitrogens with zero attached hydrogens (tertiary/aromatic N) is 2. The average molecular weight is 306 g/mol. The first-order valence-corrected chi connectivity index (χ1v) is 7.94. The van der Waals surface area contributed by atoms with Crippen molar-refractivity contribution in [3.8, 4) is 5.75 Å². The van der Waals surface area contributed by atoms with E-state index in [4.69, 9.17) is 9.15 Å². The number of carbonyl (C=O) groups is 1. The number of unbranched alkanes of at least 4 members (excludes halogenated alkanes) is 1. The standard InChI is InChI=1S/C15H18N2O3S/c1-2-3-8-14-16-17-15(20-14)21-10-9-19-13-7-5-4-6-12(13)11-18/h4-7,11H,2-3,8-10H2,1H3. The smallest absolute Gasteiger partial charge is 0.276 e. The fourth-order valence-electron chi connectivity index (χ4n) is 1.72. The van der Waals surface area contributed by atoms with Crippen LogP contribution in [0.1, 0.15) is 36.0 Å². The summed E-state index contributed by atoms with van der Waals surface area (Å²) in [6.07, 6.45) is 3.78. The van der Waals surface area contributed by atoms with Gasteiger partial charge in [-0.1, -0.05) is 37.2 Å². The lowest BCUT2D eigenvalue weighted by Gasteiger charge is -2.06. The van der Waals surface area contributed by atoms with Crippen LogP contribution >= 0.6 is 11.8 Å². The Balaban J connectivity index is 1.74. The lowest BCUT2D eigenvalue weighted by atomic mass is 10.2. The van der Waals surface area contributed by atoms with Crippen molar-refractivity contribution in [1.82, 2.24) is 10.2 Å². The second kappa shape index (κ2) is 8.46. The van der Waals surface area contributed by atoms with Crippen LogP contribution in [-0.4, -0.2) is 28.8 Å². The Hall–Kier alpha value is -1.82. The van der Waals surface area contributed by atoms with E-state index in [9.17, 15) is 4.79 Å². The number of hydrogen-bond donors (Lipinski definition) is 0. The minimum absolute atomic E-state index is 0.474. The number of carbonyl (C=O) groups excluding carboxylic acids is 1. The zero-order chi connectivity index (χ0) is 14.9.